The van der Waals surface area contributed by atoms with Gasteiger partial charge in [0.2, 0.25) is 0 Å². The average molecular weight is 433 g/mol. The molecule has 4 heterocycles. The Morgan fingerprint density at radius 2 is 1.94 bits per heavy atom. The highest BCUT2D eigenvalue weighted by Gasteiger charge is 2.37. The van der Waals surface area contributed by atoms with Crippen LogP contribution in [-0.4, -0.2) is 33.7 Å². The first-order valence-electron chi connectivity index (χ1n) is 10.4. The van der Waals surface area contributed by atoms with E-state index in [1.54, 1.807) is 31.6 Å². The number of aryl methyl sites for hydroxylation is 1. The molecule has 3 aromatic rings. The first-order valence-corrected chi connectivity index (χ1v) is 10.4. The smallest absolute Gasteiger partial charge is 0.287 e. The van der Waals surface area contributed by atoms with Crippen LogP contribution in [-0.2, 0) is 4.79 Å². The fraction of sp³-hybridized carbons (Fsp3) is 0.250. The molecule has 3 aromatic heterocycles. The highest BCUT2D eigenvalue weighted by molar-refractivity contribution is 5.99. The van der Waals surface area contributed by atoms with Crippen LogP contribution in [0, 0.1) is 12.8 Å². The van der Waals surface area contributed by atoms with Gasteiger partial charge in [-0.2, -0.15) is 0 Å². The van der Waals surface area contributed by atoms with Crippen molar-refractivity contribution in [1.29, 1.82) is 0 Å². The summed E-state index contributed by atoms with van der Waals surface area (Å²) in [7, 11) is 1.80. The molecule has 164 valence electrons. The number of dihydropyridines is 1. The van der Waals surface area contributed by atoms with E-state index in [0.717, 1.165) is 39.1 Å². The van der Waals surface area contributed by atoms with Gasteiger partial charge in [0.05, 0.1) is 17.4 Å². The Labute approximate surface area is 185 Å². The Kier molecular flexibility index (Phi) is 5.61. The molecule has 7 nitrogen and oxygen atoms in total. The molecule has 0 saturated heterocycles. The SMILES string of the molecule is CNc1cc2ncc(-c3cc(NC(=O)C4(F)C=C(C(C)C)C=CN4)cnc3C)cc2cn1. The van der Waals surface area contributed by atoms with Crippen LogP contribution in [0.2, 0.25) is 0 Å². The van der Waals surface area contributed by atoms with E-state index in [1.807, 2.05) is 32.9 Å². The highest BCUT2D eigenvalue weighted by Crippen LogP contribution is 2.29. The topological polar surface area (TPSA) is 91.8 Å². The summed E-state index contributed by atoms with van der Waals surface area (Å²) >= 11 is 0. The zero-order valence-corrected chi connectivity index (χ0v) is 18.4. The summed E-state index contributed by atoms with van der Waals surface area (Å²) in [6.45, 7) is 5.76. The minimum atomic E-state index is -2.33. The fourth-order valence-electron chi connectivity index (χ4n) is 3.49. The molecule has 1 amide bonds. The number of halogens is 1. The number of allylic oxidation sites excluding steroid dienone is 2. The zero-order chi connectivity index (χ0) is 22.9. The summed E-state index contributed by atoms with van der Waals surface area (Å²) in [5, 5.41) is 9.02. The number of fused-ring (bicyclic) bond motifs is 1. The number of anilines is 2. The van der Waals surface area contributed by atoms with Gasteiger partial charge in [-0.3, -0.25) is 14.8 Å². The molecule has 0 aromatic carbocycles. The lowest BCUT2D eigenvalue weighted by Gasteiger charge is -2.26. The predicted molar refractivity (Wildman–Crippen MR) is 125 cm³/mol. The maximum atomic E-state index is 15.3. The number of amides is 1. The summed E-state index contributed by atoms with van der Waals surface area (Å²) in [6, 6.07) is 5.60. The largest absolute Gasteiger partial charge is 0.373 e. The van der Waals surface area contributed by atoms with Crippen LogP contribution in [0.25, 0.3) is 22.0 Å². The zero-order valence-electron chi connectivity index (χ0n) is 18.4. The van der Waals surface area contributed by atoms with E-state index in [-0.39, 0.29) is 5.92 Å². The van der Waals surface area contributed by atoms with Gasteiger partial charge in [0.25, 0.3) is 11.7 Å². The Bertz CT molecular complexity index is 1250. The maximum Gasteiger partial charge on any atom is 0.287 e. The van der Waals surface area contributed by atoms with Gasteiger partial charge in [0, 0.05) is 53.9 Å². The lowest BCUT2D eigenvalue weighted by Crippen LogP contribution is -2.48. The van der Waals surface area contributed by atoms with Crippen LogP contribution >= 0.6 is 0 Å². The normalized spacial score (nSPS) is 17.8. The second kappa shape index (κ2) is 8.37. The molecule has 1 aliphatic rings. The van der Waals surface area contributed by atoms with Crippen molar-refractivity contribution in [3.63, 3.8) is 0 Å². The molecule has 0 fully saturated rings. The maximum absolute atomic E-state index is 15.3. The monoisotopic (exact) mass is 432 g/mol. The Morgan fingerprint density at radius 1 is 1.12 bits per heavy atom. The minimum absolute atomic E-state index is 0.1000. The number of aromatic nitrogens is 3. The number of nitrogens with zero attached hydrogens (tertiary/aromatic N) is 3. The third kappa shape index (κ3) is 4.16. The number of hydrogen-bond donors (Lipinski definition) is 3. The molecule has 0 saturated carbocycles. The highest BCUT2D eigenvalue weighted by atomic mass is 19.1. The third-order valence-corrected chi connectivity index (χ3v) is 5.41. The van der Waals surface area contributed by atoms with Gasteiger partial charge in [-0.05, 0) is 42.7 Å². The molecule has 0 aliphatic carbocycles. The molecule has 1 unspecified atom stereocenters. The van der Waals surface area contributed by atoms with Crippen molar-refractivity contribution in [2.75, 3.05) is 17.7 Å². The van der Waals surface area contributed by atoms with Crippen LogP contribution in [0.5, 0.6) is 0 Å². The number of hydrogen-bond acceptors (Lipinski definition) is 6. The number of alkyl halides is 1. The second-order valence-corrected chi connectivity index (χ2v) is 8.04. The summed E-state index contributed by atoms with van der Waals surface area (Å²) in [4.78, 5) is 26.0. The van der Waals surface area contributed by atoms with Crippen molar-refractivity contribution in [3.05, 3.63) is 66.4 Å². The van der Waals surface area contributed by atoms with Gasteiger partial charge in [-0.1, -0.05) is 13.8 Å². The molecule has 32 heavy (non-hydrogen) atoms. The van der Waals surface area contributed by atoms with E-state index < -0.39 is 11.7 Å². The first kappa shape index (κ1) is 21.4. The molecule has 1 aliphatic heterocycles. The van der Waals surface area contributed by atoms with Crippen molar-refractivity contribution in [2.45, 2.75) is 26.6 Å². The van der Waals surface area contributed by atoms with Crippen LogP contribution in [0.4, 0.5) is 15.9 Å². The van der Waals surface area contributed by atoms with E-state index in [1.165, 1.54) is 18.5 Å². The van der Waals surface area contributed by atoms with E-state index >= 15 is 4.39 Å². The van der Waals surface area contributed by atoms with E-state index in [0.29, 0.717) is 5.69 Å². The molecule has 3 N–H and O–H groups in total. The van der Waals surface area contributed by atoms with E-state index in [2.05, 4.69) is 30.9 Å². The third-order valence-electron chi connectivity index (χ3n) is 5.41. The van der Waals surface area contributed by atoms with Gasteiger partial charge in [0.1, 0.15) is 5.82 Å². The molecular weight excluding hydrogens is 407 g/mol. The quantitative estimate of drug-likeness (QED) is 0.520. The van der Waals surface area contributed by atoms with E-state index in [4.69, 9.17) is 0 Å². The second-order valence-electron chi connectivity index (χ2n) is 8.04. The average Bonchev–Trinajstić information content (AvgIpc) is 2.79. The van der Waals surface area contributed by atoms with Crippen molar-refractivity contribution in [1.82, 2.24) is 20.3 Å². The van der Waals surface area contributed by atoms with Gasteiger partial charge < -0.3 is 16.0 Å². The van der Waals surface area contributed by atoms with Crippen molar-refractivity contribution in [2.24, 2.45) is 5.92 Å². The van der Waals surface area contributed by atoms with Crippen LogP contribution in [0.1, 0.15) is 19.5 Å². The van der Waals surface area contributed by atoms with Crippen molar-refractivity contribution >= 4 is 28.3 Å². The number of nitrogens with one attached hydrogen (secondary N) is 3. The van der Waals surface area contributed by atoms with E-state index in [9.17, 15) is 4.79 Å². The van der Waals surface area contributed by atoms with Gasteiger partial charge in [-0.15, -0.1) is 0 Å². The Morgan fingerprint density at radius 3 is 2.69 bits per heavy atom. The number of pyridine rings is 3. The van der Waals surface area contributed by atoms with Crippen molar-refractivity contribution < 1.29 is 9.18 Å². The molecule has 8 heteroatoms. The molecule has 1 atom stereocenters. The van der Waals surface area contributed by atoms with Gasteiger partial charge in [-0.25, -0.2) is 9.37 Å². The molecular formula is C24H25FN6O. The molecule has 0 radical (unpaired) electrons. The number of rotatable bonds is 5. The van der Waals surface area contributed by atoms with Crippen molar-refractivity contribution in [3.8, 4) is 11.1 Å². The summed E-state index contributed by atoms with van der Waals surface area (Å²) in [5.74, 6) is -2.30. The fourth-order valence-corrected chi connectivity index (χ4v) is 3.49. The number of carbonyl (C=O) groups excluding carboxylic acids is 1. The summed E-state index contributed by atoms with van der Waals surface area (Å²) in [5.41, 5.74) is 4.34. The van der Waals surface area contributed by atoms with Crippen LogP contribution < -0.4 is 16.0 Å². The van der Waals surface area contributed by atoms with Gasteiger partial charge >= 0.3 is 0 Å². The summed E-state index contributed by atoms with van der Waals surface area (Å²) in [6.07, 6.45) is 9.56. The minimum Gasteiger partial charge on any atom is -0.373 e. The van der Waals surface area contributed by atoms with Crippen LogP contribution in [0.3, 0.4) is 0 Å². The number of carbonyl (C=O) groups is 1. The first-order chi connectivity index (χ1) is 15.3. The van der Waals surface area contributed by atoms with Crippen LogP contribution in [0.15, 0.2) is 60.7 Å². The lowest BCUT2D eigenvalue weighted by molar-refractivity contribution is -0.125. The Balaban J connectivity index is 1.63. The molecule has 4 rings (SSSR count). The molecule has 0 bridgehead atoms. The summed E-state index contributed by atoms with van der Waals surface area (Å²) < 4.78 is 15.3. The Hall–Kier alpha value is -3.81. The molecule has 0 spiro atoms. The van der Waals surface area contributed by atoms with Gasteiger partial charge in [0.15, 0.2) is 0 Å². The standard InChI is InChI=1S/C24H25FN6O/c1-14(2)16-5-6-30-24(25,10-16)23(32)31-19-8-20(15(3)27-13-19)17-7-18-12-29-22(26-4)9-21(18)28-11-17/h5-14,30H,1-4H3,(H,26,29)(H,31,32). The lowest BCUT2D eigenvalue weighted by atomic mass is 9.97. The predicted octanol–water partition coefficient (Wildman–Crippen LogP) is 4.35.